The van der Waals surface area contributed by atoms with Gasteiger partial charge in [-0.05, 0) is 32.2 Å². The van der Waals surface area contributed by atoms with Crippen molar-refractivity contribution < 1.29 is 9.84 Å². The lowest BCUT2D eigenvalue weighted by atomic mass is 9.64. The fraction of sp³-hybridized carbons (Fsp3) is 1.00. The Hall–Kier alpha value is -0.120. The lowest BCUT2D eigenvalue weighted by molar-refractivity contribution is -0.123. The molecule has 0 spiro atoms. The standard InChI is InChI=1S/C14H29NO2/c1-10(2)9-17-13-8-12(14(13,4)5)15-7-6-11(3)16/h10-13,15-16H,6-9H2,1-5H3. The van der Waals surface area contributed by atoms with E-state index in [0.29, 0.717) is 18.1 Å². The summed E-state index contributed by atoms with van der Waals surface area (Å²) in [5.41, 5.74) is 0.216. The molecule has 0 aromatic heterocycles. The Morgan fingerprint density at radius 1 is 1.35 bits per heavy atom. The summed E-state index contributed by atoms with van der Waals surface area (Å²) >= 11 is 0. The lowest BCUT2D eigenvalue weighted by Crippen LogP contribution is -2.61. The first-order valence-electron chi connectivity index (χ1n) is 6.87. The van der Waals surface area contributed by atoms with Crippen molar-refractivity contribution in [2.45, 2.75) is 65.7 Å². The van der Waals surface area contributed by atoms with E-state index in [-0.39, 0.29) is 11.5 Å². The normalized spacial score (nSPS) is 29.1. The fourth-order valence-electron chi connectivity index (χ4n) is 2.29. The fourth-order valence-corrected chi connectivity index (χ4v) is 2.29. The summed E-state index contributed by atoms with van der Waals surface area (Å²) in [5, 5.41) is 12.7. The summed E-state index contributed by atoms with van der Waals surface area (Å²) in [4.78, 5) is 0. The molecule has 3 atom stereocenters. The molecule has 1 aliphatic carbocycles. The molecule has 3 nitrogen and oxygen atoms in total. The van der Waals surface area contributed by atoms with Crippen LogP contribution in [0.1, 0.15) is 47.5 Å². The number of hydrogen-bond acceptors (Lipinski definition) is 3. The van der Waals surface area contributed by atoms with Crippen LogP contribution in [0.2, 0.25) is 0 Å². The van der Waals surface area contributed by atoms with Crippen LogP contribution in [0.4, 0.5) is 0 Å². The van der Waals surface area contributed by atoms with Crippen LogP contribution in [0, 0.1) is 11.3 Å². The van der Waals surface area contributed by atoms with E-state index in [4.69, 9.17) is 4.74 Å². The molecule has 3 unspecified atom stereocenters. The second-order valence-electron chi connectivity index (χ2n) is 6.42. The third-order valence-electron chi connectivity index (χ3n) is 3.76. The first kappa shape index (κ1) is 14.9. The molecular weight excluding hydrogens is 214 g/mol. The Balaban J connectivity index is 2.23. The highest BCUT2D eigenvalue weighted by molar-refractivity contribution is 5.02. The van der Waals surface area contributed by atoms with E-state index in [1.165, 1.54) is 0 Å². The average molecular weight is 243 g/mol. The van der Waals surface area contributed by atoms with Crippen molar-refractivity contribution in [3.8, 4) is 0 Å². The molecular formula is C14H29NO2. The van der Waals surface area contributed by atoms with Gasteiger partial charge in [-0.1, -0.05) is 27.7 Å². The summed E-state index contributed by atoms with van der Waals surface area (Å²) in [6.45, 7) is 12.5. The molecule has 0 amide bonds. The zero-order chi connectivity index (χ0) is 13.1. The quantitative estimate of drug-likeness (QED) is 0.720. The highest BCUT2D eigenvalue weighted by Crippen LogP contribution is 2.42. The van der Waals surface area contributed by atoms with Crippen LogP contribution in [0.15, 0.2) is 0 Å². The van der Waals surface area contributed by atoms with Crippen molar-refractivity contribution in [3.63, 3.8) is 0 Å². The molecule has 0 saturated heterocycles. The van der Waals surface area contributed by atoms with Gasteiger partial charge in [0.2, 0.25) is 0 Å². The van der Waals surface area contributed by atoms with Crippen LogP contribution in [0.25, 0.3) is 0 Å². The molecule has 0 radical (unpaired) electrons. The average Bonchev–Trinajstić information content (AvgIpc) is 2.20. The van der Waals surface area contributed by atoms with Gasteiger partial charge >= 0.3 is 0 Å². The molecule has 0 aliphatic heterocycles. The third kappa shape index (κ3) is 4.23. The number of rotatable bonds is 7. The smallest absolute Gasteiger partial charge is 0.0656 e. The molecule has 3 heteroatoms. The minimum atomic E-state index is -0.210. The van der Waals surface area contributed by atoms with Gasteiger partial charge in [0.25, 0.3) is 0 Å². The van der Waals surface area contributed by atoms with Crippen molar-refractivity contribution in [2.75, 3.05) is 13.2 Å². The lowest BCUT2D eigenvalue weighted by Gasteiger charge is -2.52. The highest BCUT2D eigenvalue weighted by Gasteiger charge is 2.48. The maximum absolute atomic E-state index is 9.22. The molecule has 17 heavy (non-hydrogen) atoms. The van der Waals surface area contributed by atoms with Crippen molar-refractivity contribution in [1.29, 1.82) is 0 Å². The topological polar surface area (TPSA) is 41.5 Å². The Bertz CT molecular complexity index is 226. The molecule has 1 fully saturated rings. The molecule has 0 aromatic carbocycles. The van der Waals surface area contributed by atoms with E-state index in [9.17, 15) is 5.11 Å². The molecule has 0 heterocycles. The minimum Gasteiger partial charge on any atom is -0.393 e. The van der Waals surface area contributed by atoms with Gasteiger partial charge in [0.05, 0.1) is 12.2 Å². The summed E-state index contributed by atoms with van der Waals surface area (Å²) in [7, 11) is 0. The molecule has 2 N–H and O–H groups in total. The largest absolute Gasteiger partial charge is 0.393 e. The predicted molar refractivity (Wildman–Crippen MR) is 71.1 cm³/mol. The maximum atomic E-state index is 9.22. The molecule has 0 aromatic rings. The molecule has 1 rings (SSSR count). The Kier molecular flexibility index (Phi) is 5.42. The second kappa shape index (κ2) is 6.17. The summed E-state index contributed by atoms with van der Waals surface area (Å²) in [6, 6.07) is 0.526. The Morgan fingerprint density at radius 3 is 2.47 bits per heavy atom. The number of nitrogens with one attached hydrogen (secondary N) is 1. The van der Waals surface area contributed by atoms with Crippen molar-refractivity contribution in [3.05, 3.63) is 0 Å². The summed E-state index contributed by atoms with van der Waals surface area (Å²) < 4.78 is 5.92. The molecule has 1 aliphatic rings. The van der Waals surface area contributed by atoms with E-state index >= 15 is 0 Å². The predicted octanol–water partition coefficient (Wildman–Crippen LogP) is 2.19. The van der Waals surface area contributed by atoms with Crippen LogP contribution in [-0.2, 0) is 4.74 Å². The Labute approximate surface area is 106 Å². The van der Waals surface area contributed by atoms with Gasteiger partial charge in [-0.3, -0.25) is 0 Å². The van der Waals surface area contributed by atoms with Gasteiger partial charge in [-0.2, -0.15) is 0 Å². The zero-order valence-corrected chi connectivity index (χ0v) is 12.0. The monoisotopic (exact) mass is 243 g/mol. The third-order valence-corrected chi connectivity index (χ3v) is 3.76. The first-order valence-corrected chi connectivity index (χ1v) is 6.87. The summed E-state index contributed by atoms with van der Waals surface area (Å²) in [5.74, 6) is 0.605. The van der Waals surface area contributed by atoms with Crippen LogP contribution in [-0.4, -0.2) is 36.5 Å². The van der Waals surface area contributed by atoms with Gasteiger partial charge in [-0.25, -0.2) is 0 Å². The molecule has 1 saturated carbocycles. The van der Waals surface area contributed by atoms with Crippen LogP contribution in [0.3, 0.4) is 0 Å². The van der Waals surface area contributed by atoms with Crippen molar-refractivity contribution >= 4 is 0 Å². The van der Waals surface area contributed by atoms with Gasteiger partial charge in [0.15, 0.2) is 0 Å². The van der Waals surface area contributed by atoms with Crippen LogP contribution in [0.5, 0.6) is 0 Å². The second-order valence-corrected chi connectivity index (χ2v) is 6.42. The highest BCUT2D eigenvalue weighted by atomic mass is 16.5. The van der Waals surface area contributed by atoms with Gasteiger partial charge in [-0.15, -0.1) is 0 Å². The van der Waals surface area contributed by atoms with Crippen LogP contribution < -0.4 is 5.32 Å². The maximum Gasteiger partial charge on any atom is 0.0656 e. The van der Waals surface area contributed by atoms with Gasteiger partial charge in [0, 0.05) is 18.1 Å². The number of aliphatic hydroxyl groups is 1. The number of aliphatic hydroxyl groups excluding tert-OH is 1. The van der Waals surface area contributed by atoms with Gasteiger partial charge in [0.1, 0.15) is 0 Å². The zero-order valence-electron chi connectivity index (χ0n) is 12.0. The van der Waals surface area contributed by atoms with E-state index in [2.05, 4.69) is 33.0 Å². The van der Waals surface area contributed by atoms with Crippen molar-refractivity contribution in [2.24, 2.45) is 11.3 Å². The first-order chi connectivity index (χ1) is 7.84. The van der Waals surface area contributed by atoms with Gasteiger partial charge < -0.3 is 15.2 Å². The molecule has 102 valence electrons. The van der Waals surface area contributed by atoms with E-state index < -0.39 is 0 Å². The molecule has 0 bridgehead atoms. The SMILES string of the molecule is CC(C)COC1CC(NCCC(C)O)C1(C)C. The number of ether oxygens (including phenoxy) is 1. The van der Waals surface area contributed by atoms with E-state index in [1.54, 1.807) is 0 Å². The minimum absolute atomic E-state index is 0.210. The van der Waals surface area contributed by atoms with E-state index in [1.807, 2.05) is 6.92 Å². The summed E-state index contributed by atoms with van der Waals surface area (Å²) in [6.07, 6.45) is 2.09. The van der Waals surface area contributed by atoms with E-state index in [0.717, 1.165) is 26.0 Å². The Morgan fingerprint density at radius 2 is 2.00 bits per heavy atom. The van der Waals surface area contributed by atoms with Crippen LogP contribution >= 0.6 is 0 Å². The van der Waals surface area contributed by atoms with Crippen molar-refractivity contribution in [1.82, 2.24) is 5.32 Å². The number of hydrogen-bond donors (Lipinski definition) is 2.